The van der Waals surface area contributed by atoms with Crippen LogP contribution in [0, 0.1) is 0 Å². The molecule has 1 rings (SSSR count). The van der Waals surface area contributed by atoms with Crippen LogP contribution in [0.4, 0.5) is 0 Å². The lowest BCUT2D eigenvalue weighted by atomic mass is 10.1. The lowest BCUT2D eigenvalue weighted by Crippen LogP contribution is -2.32. The SMILES string of the molecule is C[C@H](N)C(=O)O.NC(N)=NCCC[C@H](N)C(=O)O.NCCCC[C@H](N)C(=O)O.N[C@@H](Cc1cnc[nH]1)C(=O)O. The van der Waals surface area contributed by atoms with E-state index in [1.165, 1.54) is 13.3 Å². The molecule has 39 heavy (non-hydrogen) atoms. The summed E-state index contributed by atoms with van der Waals surface area (Å²) in [5, 5.41) is 33.0. The first-order valence-corrected chi connectivity index (χ1v) is 11.7. The third kappa shape index (κ3) is 28.6. The van der Waals surface area contributed by atoms with Crippen LogP contribution in [0.3, 0.4) is 0 Å². The number of carbonyl (C=O) groups is 4. The molecule has 0 unspecified atom stereocenters. The van der Waals surface area contributed by atoms with E-state index in [1.54, 1.807) is 6.20 Å². The smallest absolute Gasteiger partial charge is 0.320 e. The minimum Gasteiger partial charge on any atom is -0.480 e. The Kier molecular flexibility index (Phi) is 24.9. The number of unbranched alkanes of at least 4 members (excludes halogenated alkanes) is 1. The van der Waals surface area contributed by atoms with E-state index in [1.807, 2.05) is 0 Å². The van der Waals surface area contributed by atoms with Crippen molar-refractivity contribution in [2.75, 3.05) is 13.1 Å². The first-order valence-electron chi connectivity index (χ1n) is 11.7. The molecule has 0 radical (unpaired) electrons. The molecular formula is C21H44N10O8. The number of guanidine groups is 1. The van der Waals surface area contributed by atoms with E-state index in [0.29, 0.717) is 32.4 Å². The quantitative estimate of drug-likeness (QED) is 0.0599. The molecule has 0 bridgehead atoms. The molecule has 18 heteroatoms. The van der Waals surface area contributed by atoms with Crippen LogP contribution in [0.5, 0.6) is 0 Å². The molecule has 0 saturated carbocycles. The average Bonchev–Trinajstić information content (AvgIpc) is 3.35. The Morgan fingerprint density at radius 3 is 1.64 bits per heavy atom. The number of hydrogen-bond donors (Lipinski definition) is 12. The van der Waals surface area contributed by atoms with Gasteiger partial charge in [0.2, 0.25) is 0 Å². The van der Waals surface area contributed by atoms with Gasteiger partial charge in [-0.25, -0.2) is 4.98 Å². The summed E-state index contributed by atoms with van der Waals surface area (Å²) in [6.07, 6.45) is 6.46. The number of nitrogens with zero attached hydrogens (tertiary/aromatic N) is 2. The molecule has 4 atom stereocenters. The Morgan fingerprint density at radius 1 is 0.846 bits per heavy atom. The van der Waals surface area contributed by atoms with Gasteiger partial charge in [0, 0.05) is 24.9 Å². The number of carboxylic acid groups (broad SMARTS) is 4. The highest BCUT2D eigenvalue weighted by molar-refractivity contribution is 5.75. The maximum atomic E-state index is 10.3. The van der Waals surface area contributed by atoms with Gasteiger partial charge in [0.05, 0.1) is 6.33 Å². The van der Waals surface area contributed by atoms with Crippen molar-refractivity contribution >= 4 is 29.8 Å². The second kappa shape index (κ2) is 24.5. The third-order valence-electron chi connectivity index (χ3n) is 4.27. The van der Waals surface area contributed by atoms with Crippen molar-refractivity contribution in [3.05, 3.63) is 18.2 Å². The van der Waals surface area contributed by atoms with E-state index in [-0.39, 0.29) is 12.4 Å². The monoisotopic (exact) mass is 564 g/mol. The molecule has 0 saturated heterocycles. The minimum absolute atomic E-state index is 0.0129. The Hall–Kier alpha value is -3.84. The van der Waals surface area contributed by atoms with Gasteiger partial charge in [-0.15, -0.1) is 0 Å². The first-order chi connectivity index (χ1) is 18.1. The van der Waals surface area contributed by atoms with Crippen molar-refractivity contribution in [1.82, 2.24) is 9.97 Å². The zero-order valence-electron chi connectivity index (χ0n) is 22.0. The molecule has 226 valence electrons. The number of aromatic nitrogens is 2. The van der Waals surface area contributed by atoms with E-state index in [4.69, 9.17) is 60.6 Å². The number of rotatable bonds is 14. The molecule has 0 aliphatic carbocycles. The topological polar surface area (TPSA) is 372 Å². The Morgan fingerprint density at radius 2 is 1.31 bits per heavy atom. The van der Waals surface area contributed by atoms with E-state index in [9.17, 15) is 19.2 Å². The number of aliphatic carboxylic acids is 4. The molecule has 0 aromatic carbocycles. The van der Waals surface area contributed by atoms with Crippen molar-refractivity contribution in [3.63, 3.8) is 0 Å². The Balaban J connectivity index is -0.000000454. The van der Waals surface area contributed by atoms with Crippen LogP contribution in [0.1, 0.15) is 44.7 Å². The molecule has 19 N–H and O–H groups in total. The molecule has 0 aliphatic heterocycles. The lowest BCUT2D eigenvalue weighted by Gasteiger charge is -2.03. The molecule has 1 heterocycles. The highest BCUT2D eigenvalue weighted by atomic mass is 16.4. The maximum Gasteiger partial charge on any atom is 0.320 e. The fourth-order valence-electron chi connectivity index (χ4n) is 2.00. The third-order valence-corrected chi connectivity index (χ3v) is 4.27. The molecule has 18 nitrogen and oxygen atoms in total. The van der Waals surface area contributed by atoms with Gasteiger partial charge in [-0.05, 0) is 39.2 Å². The fraction of sp³-hybridized carbons (Fsp3) is 0.619. The summed E-state index contributed by atoms with van der Waals surface area (Å²) >= 11 is 0. The summed E-state index contributed by atoms with van der Waals surface area (Å²) in [4.78, 5) is 50.4. The second-order valence-electron chi connectivity index (χ2n) is 7.98. The lowest BCUT2D eigenvalue weighted by molar-refractivity contribution is -0.139. The average molecular weight is 565 g/mol. The van der Waals surface area contributed by atoms with E-state index >= 15 is 0 Å². The molecule has 1 aromatic rings. The molecule has 0 spiro atoms. The predicted molar refractivity (Wildman–Crippen MR) is 143 cm³/mol. The minimum atomic E-state index is -1.00. The summed E-state index contributed by atoms with van der Waals surface area (Å²) < 4.78 is 0. The van der Waals surface area contributed by atoms with Crippen LogP contribution in [0.15, 0.2) is 17.5 Å². The summed E-state index contributed by atoms with van der Waals surface area (Å²) in [7, 11) is 0. The van der Waals surface area contributed by atoms with E-state index in [0.717, 1.165) is 18.5 Å². The van der Waals surface area contributed by atoms with Crippen molar-refractivity contribution in [3.8, 4) is 0 Å². The Bertz CT molecular complexity index is 833. The number of H-pyrrole nitrogens is 1. The number of carboxylic acids is 4. The van der Waals surface area contributed by atoms with Crippen molar-refractivity contribution in [2.24, 2.45) is 45.1 Å². The van der Waals surface area contributed by atoms with E-state index in [2.05, 4.69) is 15.0 Å². The maximum absolute atomic E-state index is 10.3. The van der Waals surface area contributed by atoms with Crippen LogP contribution >= 0.6 is 0 Å². The number of imidazole rings is 1. The highest BCUT2D eigenvalue weighted by Crippen LogP contribution is 1.97. The zero-order chi connectivity index (χ0) is 31.0. The summed E-state index contributed by atoms with van der Waals surface area (Å²) in [5.74, 6) is -3.88. The number of aromatic amines is 1. The van der Waals surface area contributed by atoms with Crippen molar-refractivity contribution in [1.29, 1.82) is 0 Å². The van der Waals surface area contributed by atoms with Gasteiger partial charge in [-0.3, -0.25) is 24.2 Å². The Labute approximate surface area is 226 Å². The van der Waals surface area contributed by atoms with E-state index < -0.39 is 48.0 Å². The van der Waals surface area contributed by atoms with Crippen LogP contribution in [-0.2, 0) is 25.6 Å². The number of nitrogens with two attached hydrogens (primary N) is 7. The fourth-order valence-corrected chi connectivity index (χ4v) is 2.00. The van der Waals surface area contributed by atoms with Crippen LogP contribution in [0.25, 0.3) is 0 Å². The van der Waals surface area contributed by atoms with Gasteiger partial charge < -0.3 is 65.5 Å². The van der Waals surface area contributed by atoms with Gasteiger partial charge in [-0.1, -0.05) is 6.42 Å². The predicted octanol–water partition coefficient (Wildman–Crippen LogP) is -3.24. The molecule has 0 fully saturated rings. The molecular weight excluding hydrogens is 520 g/mol. The number of nitrogens with one attached hydrogen (secondary N) is 1. The molecule has 0 amide bonds. The van der Waals surface area contributed by atoms with Crippen molar-refractivity contribution in [2.45, 2.75) is 69.6 Å². The largest absolute Gasteiger partial charge is 0.480 e. The van der Waals surface area contributed by atoms with Crippen LogP contribution in [-0.4, -0.2) is 97.5 Å². The standard InChI is InChI=1S/C6H14N4O2.C6H9N3O2.C6H14N2O2.C3H7NO2/c7-4(5(11)12)2-1-3-10-6(8)9;7-5(6(10)11)1-4-2-8-3-9-4;7-4-2-1-3-5(8)6(9)10;1-2(4)3(5)6/h4H,1-3,7H2,(H,11,12)(H4,8,9,10);2-3,5H,1,7H2,(H,8,9)(H,10,11);5H,1-4,7-8H2,(H,9,10);2H,4H2,1H3,(H,5,6)/t4-;2*5-;2-/m0000/s1. The second-order valence-corrected chi connectivity index (χ2v) is 7.98. The number of hydrogen-bond acceptors (Lipinski definition) is 11. The summed E-state index contributed by atoms with van der Waals surface area (Å²) in [6.45, 7) is 2.44. The van der Waals surface area contributed by atoms with Crippen molar-refractivity contribution < 1.29 is 39.6 Å². The van der Waals surface area contributed by atoms with Crippen LogP contribution in [0.2, 0.25) is 0 Å². The van der Waals surface area contributed by atoms with Gasteiger partial charge in [0.25, 0.3) is 0 Å². The zero-order valence-corrected chi connectivity index (χ0v) is 22.0. The molecule has 1 aromatic heterocycles. The number of aliphatic imine (C=N–C) groups is 1. The van der Waals surface area contributed by atoms with Gasteiger partial charge in [0.1, 0.15) is 24.2 Å². The van der Waals surface area contributed by atoms with Gasteiger partial charge >= 0.3 is 23.9 Å². The molecule has 0 aliphatic rings. The first kappa shape index (κ1) is 39.7. The normalized spacial score (nSPS) is 12.8. The van der Waals surface area contributed by atoms with Gasteiger partial charge in [0.15, 0.2) is 5.96 Å². The summed E-state index contributed by atoms with van der Waals surface area (Å²) in [5.41, 5.74) is 36.6. The highest BCUT2D eigenvalue weighted by Gasteiger charge is 2.12. The summed E-state index contributed by atoms with van der Waals surface area (Å²) in [6, 6.07) is -3.12. The van der Waals surface area contributed by atoms with Crippen LogP contribution < -0.4 is 40.1 Å². The van der Waals surface area contributed by atoms with Gasteiger partial charge in [-0.2, -0.15) is 0 Å².